The molecule has 1 rings (SSSR count). The van der Waals surface area contributed by atoms with Gasteiger partial charge in [0.2, 0.25) is 0 Å². The molecule has 0 aromatic heterocycles. The third-order valence-corrected chi connectivity index (χ3v) is 2.36. The molecule has 0 amide bonds. The van der Waals surface area contributed by atoms with Gasteiger partial charge in [-0.3, -0.25) is 14.9 Å². The van der Waals surface area contributed by atoms with Gasteiger partial charge in [-0.1, -0.05) is 0 Å². The molecule has 4 nitrogen and oxygen atoms in total. The highest BCUT2D eigenvalue weighted by Crippen LogP contribution is 2.30. The fraction of sp³-hybridized carbons (Fsp3) is 0.222. The molecule has 0 bridgehead atoms. The number of benzene rings is 1. The summed E-state index contributed by atoms with van der Waals surface area (Å²) in [5.41, 5.74) is -0.472. The minimum atomic E-state index is -1.19. The van der Waals surface area contributed by atoms with Gasteiger partial charge in [-0.15, -0.1) is 11.6 Å². The van der Waals surface area contributed by atoms with E-state index in [0.717, 1.165) is 18.2 Å². The maximum atomic E-state index is 12.8. The van der Waals surface area contributed by atoms with Crippen LogP contribution in [-0.4, -0.2) is 10.7 Å². The van der Waals surface area contributed by atoms with Crippen molar-refractivity contribution in [3.8, 4) is 0 Å². The van der Waals surface area contributed by atoms with Gasteiger partial charge in [0.05, 0.1) is 10.5 Å². The molecule has 0 aliphatic rings. The molecule has 1 atom stereocenters. The normalized spacial score (nSPS) is 12.2. The Bertz CT molecular complexity index is 422. The smallest absolute Gasteiger partial charge is 0.274 e. The average Bonchev–Trinajstić information content (AvgIpc) is 2.15. The van der Waals surface area contributed by atoms with Gasteiger partial charge in [0.25, 0.3) is 5.69 Å². The predicted molar refractivity (Wildman–Crippen MR) is 52.3 cm³/mol. The molecule has 1 aromatic carbocycles. The van der Waals surface area contributed by atoms with Gasteiger partial charge in [-0.05, 0) is 19.1 Å². The number of rotatable bonds is 3. The summed E-state index contributed by atoms with van der Waals surface area (Å²) in [6.45, 7) is 1.19. The second-order valence-electron chi connectivity index (χ2n) is 2.93. The number of carbonyl (C=O) groups is 1. The van der Waals surface area contributed by atoms with E-state index >= 15 is 0 Å². The van der Waals surface area contributed by atoms with Crippen LogP contribution in [0.25, 0.3) is 0 Å². The molecule has 80 valence electrons. The molecule has 0 radical (unpaired) electrons. The largest absolute Gasteiger partial charge is 0.298 e. The van der Waals surface area contributed by atoms with Gasteiger partial charge in [0.15, 0.2) is 5.78 Å². The molecule has 0 saturated heterocycles. The second-order valence-corrected chi connectivity index (χ2v) is 3.37. The van der Waals surface area contributed by atoms with Crippen LogP contribution in [0.4, 0.5) is 10.1 Å². The lowest BCUT2D eigenvalue weighted by Crippen LogP contribution is -2.05. The van der Waals surface area contributed by atoms with E-state index in [2.05, 4.69) is 0 Å². The van der Waals surface area contributed by atoms with Gasteiger partial charge < -0.3 is 0 Å². The van der Waals surface area contributed by atoms with Crippen LogP contribution in [0.3, 0.4) is 0 Å². The highest BCUT2D eigenvalue weighted by atomic mass is 35.5. The van der Waals surface area contributed by atoms with E-state index in [9.17, 15) is 19.3 Å². The Hall–Kier alpha value is -1.49. The SMILES string of the molecule is CC(=O)C(Cl)c1cc(F)ccc1[N+](=O)[O-]. The lowest BCUT2D eigenvalue weighted by Gasteiger charge is -2.06. The number of nitro groups is 1. The molecule has 1 aromatic rings. The monoisotopic (exact) mass is 231 g/mol. The first-order valence-electron chi connectivity index (χ1n) is 4.02. The molecule has 1 unspecified atom stereocenters. The summed E-state index contributed by atoms with van der Waals surface area (Å²) in [6, 6.07) is 2.84. The number of Topliss-reactive ketones (excluding diaryl/α,β-unsaturated/α-hetero) is 1. The van der Waals surface area contributed by atoms with Crippen LogP contribution in [0.15, 0.2) is 18.2 Å². The van der Waals surface area contributed by atoms with E-state index < -0.39 is 21.9 Å². The summed E-state index contributed by atoms with van der Waals surface area (Å²) in [5, 5.41) is 9.38. The summed E-state index contributed by atoms with van der Waals surface area (Å²) in [6.07, 6.45) is 0. The van der Waals surface area contributed by atoms with E-state index in [-0.39, 0.29) is 11.3 Å². The Morgan fingerprint density at radius 2 is 2.20 bits per heavy atom. The molecular formula is C9H7ClFNO3. The van der Waals surface area contributed by atoms with Crippen LogP contribution < -0.4 is 0 Å². The van der Waals surface area contributed by atoms with Crippen molar-refractivity contribution in [2.75, 3.05) is 0 Å². The number of hydrogen-bond acceptors (Lipinski definition) is 3. The third-order valence-electron chi connectivity index (χ3n) is 1.82. The number of carbonyl (C=O) groups excluding carboxylic acids is 1. The molecule has 0 aliphatic carbocycles. The topological polar surface area (TPSA) is 60.2 Å². The maximum absolute atomic E-state index is 12.8. The first kappa shape index (κ1) is 11.6. The second kappa shape index (κ2) is 4.35. The van der Waals surface area contributed by atoms with Crippen LogP contribution in [0.2, 0.25) is 0 Å². The summed E-state index contributed by atoms with van der Waals surface area (Å²) < 4.78 is 12.8. The van der Waals surface area contributed by atoms with Gasteiger partial charge in [-0.2, -0.15) is 0 Å². The minimum absolute atomic E-state index is 0.117. The van der Waals surface area contributed by atoms with Gasteiger partial charge in [0.1, 0.15) is 11.2 Å². The van der Waals surface area contributed by atoms with Gasteiger partial charge >= 0.3 is 0 Å². The Labute approximate surface area is 89.8 Å². The van der Waals surface area contributed by atoms with E-state index in [4.69, 9.17) is 11.6 Å². The first-order valence-corrected chi connectivity index (χ1v) is 4.45. The molecule has 0 saturated carbocycles. The molecule has 0 spiro atoms. The minimum Gasteiger partial charge on any atom is -0.298 e. The van der Waals surface area contributed by atoms with Crippen LogP contribution in [0.5, 0.6) is 0 Å². The number of halogens is 2. The van der Waals surface area contributed by atoms with Gasteiger partial charge in [-0.25, -0.2) is 4.39 Å². The molecule has 0 heterocycles. The van der Waals surface area contributed by atoms with Crippen molar-refractivity contribution >= 4 is 23.1 Å². The highest BCUT2D eigenvalue weighted by molar-refractivity contribution is 6.31. The molecule has 0 N–H and O–H groups in total. The maximum Gasteiger partial charge on any atom is 0.274 e. The Morgan fingerprint density at radius 3 is 2.67 bits per heavy atom. The molecular weight excluding hydrogens is 225 g/mol. The van der Waals surface area contributed by atoms with E-state index in [1.54, 1.807) is 0 Å². The van der Waals surface area contributed by atoms with Crippen LogP contribution in [-0.2, 0) is 4.79 Å². The Kier molecular flexibility index (Phi) is 3.36. The molecule has 6 heteroatoms. The predicted octanol–water partition coefficient (Wildman–Crippen LogP) is 2.60. The first-order chi connectivity index (χ1) is 6.93. The van der Waals surface area contributed by atoms with Crippen LogP contribution >= 0.6 is 11.6 Å². The zero-order valence-electron chi connectivity index (χ0n) is 7.74. The number of nitrogens with zero attached hydrogens (tertiary/aromatic N) is 1. The number of nitro benzene ring substituents is 1. The van der Waals surface area contributed by atoms with Crippen molar-refractivity contribution in [2.45, 2.75) is 12.3 Å². The van der Waals surface area contributed by atoms with E-state index in [0.29, 0.717) is 0 Å². The van der Waals surface area contributed by atoms with Crippen molar-refractivity contribution in [3.63, 3.8) is 0 Å². The highest BCUT2D eigenvalue weighted by Gasteiger charge is 2.24. The number of ketones is 1. The lowest BCUT2D eigenvalue weighted by atomic mass is 10.1. The fourth-order valence-electron chi connectivity index (χ4n) is 1.11. The summed E-state index contributed by atoms with van der Waals surface area (Å²) in [7, 11) is 0. The third kappa shape index (κ3) is 2.50. The number of hydrogen-bond donors (Lipinski definition) is 0. The average molecular weight is 232 g/mol. The summed E-state index contributed by atoms with van der Waals surface area (Å²) in [4.78, 5) is 20.8. The van der Waals surface area contributed by atoms with Crippen molar-refractivity contribution in [2.24, 2.45) is 0 Å². The lowest BCUT2D eigenvalue weighted by molar-refractivity contribution is -0.385. The van der Waals surface area contributed by atoms with E-state index in [1.807, 2.05) is 0 Å². The zero-order chi connectivity index (χ0) is 11.6. The van der Waals surface area contributed by atoms with Crippen LogP contribution in [0, 0.1) is 15.9 Å². The summed E-state index contributed by atoms with van der Waals surface area (Å²) >= 11 is 5.64. The Balaban J connectivity index is 3.30. The Morgan fingerprint density at radius 1 is 1.60 bits per heavy atom. The number of alkyl halides is 1. The van der Waals surface area contributed by atoms with Crippen molar-refractivity contribution < 1.29 is 14.1 Å². The molecule has 0 aliphatic heterocycles. The molecule has 0 fully saturated rings. The van der Waals surface area contributed by atoms with Crippen molar-refractivity contribution in [1.82, 2.24) is 0 Å². The van der Waals surface area contributed by atoms with Crippen molar-refractivity contribution in [3.05, 3.63) is 39.7 Å². The molecule has 15 heavy (non-hydrogen) atoms. The quantitative estimate of drug-likeness (QED) is 0.456. The van der Waals surface area contributed by atoms with Crippen molar-refractivity contribution in [1.29, 1.82) is 0 Å². The van der Waals surface area contributed by atoms with E-state index in [1.165, 1.54) is 6.92 Å². The van der Waals surface area contributed by atoms with Crippen LogP contribution in [0.1, 0.15) is 17.9 Å². The fourth-order valence-corrected chi connectivity index (χ4v) is 1.29. The zero-order valence-corrected chi connectivity index (χ0v) is 8.49. The van der Waals surface area contributed by atoms with Gasteiger partial charge in [0, 0.05) is 6.07 Å². The standard InChI is InChI=1S/C9H7ClFNO3/c1-5(13)9(10)7-4-6(11)2-3-8(7)12(14)15/h2-4,9H,1H3. The summed E-state index contributed by atoms with van der Waals surface area (Å²) in [5.74, 6) is -1.13.